The fourth-order valence-corrected chi connectivity index (χ4v) is 4.84. The molecule has 2 aliphatic rings. The van der Waals surface area contributed by atoms with Crippen molar-refractivity contribution in [2.75, 3.05) is 0 Å². The number of piperidine rings is 2. The van der Waals surface area contributed by atoms with Gasteiger partial charge in [0.25, 0.3) is 0 Å². The number of hydroxylamine groups is 4. The van der Waals surface area contributed by atoms with Gasteiger partial charge in [0.05, 0.1) is 22.2 Å². The molecular weight excluding hydrogens is 336 g/mol. The minimum Gasteiger partial charge on any atom is -0.431 e. The Morgan fingerprint density at radius 2 is 0.923 bits per heavy atom. The zero-order chi connectivity index (χ0) is 20.1. The molecule has 0 atom stereocenters. The maximum atomic E-state index is 12.4. The average Bonchev–Trinajstić information content (AvgIpc) is 2.40. The van der Waals surface area contributed by atoms with Crippen LogP contribution in [0.25, 0.3) is 0 Å². The van der Waals surface area contributed by atoms with Crippen LogP contribution in [-0.2, 0) is 9.47 Å². The van der Waals surface area contributed by atoms with Crippen LogP contribution >= 0.6 is 0 Å². The standard InChI is InChI=1S/C19H36N2O5/c1-16(2)9-13(10-17(3,4)20(16)23)25-15(22)26-14-11-18(5,6)21(24)19(7,8)12-14/h13-14,23-24H,9-12H2,1-8H3/p+2. The van der Waals surface area contributed by atoms with Gasteiger partial charge in [0.15, 0.2) is 0 Å². The predicted molar refractivity (Wildman–Crippen MR) is 101 cm³/mol. The van der Waals surface area contributed by atoms with E-state index in [2.05, 4.69) is 0 Å². The Bertz CT molecular complexity index is 462. The molecule has 7 heteroatoms. The predicted octanol–water partition coefficient (Wildman–Crippen LogP) is 2.46. The van der Waals surface area contributed by atoms with E-state index in [1.165, 1.54) is 0 Å². The van der Waals surface area contributed by atoms with Crippen LogP contribution in [0.5, 0.6) is 0 Å². The van der Waals surface area contributed by atoms with Gasteiger partial charge in [0, 0.05) is 25.7 Å². The van der Waals surface area contributed by atoms with Gasteiger partial charge in [-0.3, -0.25) is 0 Å². The summed E-state index contributed by atoms with van der Waals surface area (Å²) < 4.78 is 11.3. The van der Waals surface area contributed by atoms with Gasteiger partial charge in [-0.05, 0) is 55.4 Å². The van der Waals surface area contributed by atoms with Gasteiger partial charge in [-0.1, -0.05) is 10.1 Å². The highest BCUT2D eigenvalue weighted by atomic mass is 16.7. The molecule has 0 aliphatic carbocycles. The van der Waals surface area contributed by atoms with Crippen LogP contribution in [0.4, 0.5) is 4.79 Å². The Balaban J connectivity index is 1.99. The molecule has 0 aromatic carbocycles. The van der Waals surface area contributed by atoms with Crippen molar-refractivity contribution in [1.29, 1.82) is 0 Å². The van der Waals surface area contributed by atoms with Crippen molar-refractivity contribution >= 4 is 6.16 Å². The highest BCUT2D eigenvalue weighted by molar-refractivity contribution is 5.60. The fraction of sp³-hybridized carbons (Fsp3) is 0.947. The minimum atomic E-state index is -0.630. The van der Waals surface area contributed by atoms with Crippen molar-refractivity contribution < 1.29 is 24.7 Å². The van der Waals surface area contributed by atoms with Crippen LogP contribution < -0.4 is 0 Å². The molecule has 0 aromatic rings. The first-order chi connectivity index (χ1) is 11.6. The van der Waals surface area contributed by atoms with Gasteiger partial charge in [-0.25, -0.2) is 4.79 Å². The van der Waals surface area contributed by atoms with Gasteiger partial charge in [-0.15, -0.1) is 0 Å². The van der Waals surface area contributed by atoms with Crippen molar-refractivity contribution in [1.82, 2.24) is 10.1 Å². The molecule has 2 saturated heterocycles. The molecule has 26 heavy (non-hydrogen) atoms. The molecule has 7 nitrogen and oxygen atoms in total. The Labute approximate surface area is 157 Å². The number of hydrogen-bond donors (Lipinski definition) is 0. The second-order valence-corrected chi connectivity index (χ2v) is 10.5. The summed E-state index contributed by atoms with van der Waals surface area (Å²) in [5.74, 6) is 0. The molecule has 0 bridgehead atoms. The summed E-state index contributed by atoms with van der Waals surface area (Å²) in [4.78, 5) is 12.4. The van der Waals surface area contributed by atoms with Gasteiger partial charge in [-0.2, -0.15) is 0 Å². The Hall–Kier alpha value is -0.890. The van der Waals surface area contributed by atoms with Crippen LogP contribution in [0, 0.1) is 0 Å². The lowest BCUT2D eigenvalue weighted by Gasteiger charge is -2.48. The zero-order valence-electron chi connectivity index (χ0n) is 17.6. The number of hydrogen-bond acceptors (Lipinski definition) is 5. The molecule has 2 heterocycles. The number of nitrogens with zero attached hydrogens (tertiary/aromatic N) is 2. The molecule has 0 unspecified atom stereocenters. The summed E-state index contributed by atoms with van der Waals surface area (Å²) in [7, 11) is 0. The van der Waals surface area contributed by atoms with E-state index in [-0.39, 0.29) is 34.4 Å². The molecule has 0 amide bonds. The highest BCUT2D eigenvalue weighted by Crippen LogP contribution is 2.40. The van der Waals surface area contributed by atoms with Crippen molar-refractivity contribution in [3.05, 3.63) is 0 Å². The molecular formula is C19H38N2O5+2. The van der Waals surface area contributed by atoms with E-state index >= 15 is 0 Å². The van der Waals surface area contributed by atoms with Crippen LogP contribution in [0.2, 0.25) is 0 Å². The Morgan fingerprint density at radius 1 is 0.692 bits per heavy atom. The lowest BCUT2D eigenvalue weighted by Crippen LogP contribution is -2.61. The Morgan fingerprint density at radius 3 is 1.15 bits per heavy atom. The van der Waals surface area contributed by atoms with Crippen molar-refractivity contribution in [2.45, 2.75) is 115 Å². The number of rotatable bonds is 2. The van der Waals surface area contributed by atoms with Crippen LogP contribution in [0.1, 0.15) is 81.1 Å². The molecule has 0 radical (unpaired) electrons. The number of ether oxygens (including phenoxy) is 2. The topological polar surface area (TPSA) is 87.8 Å². The first kappa shape index (κ1) is 21.4. The summed E-state index contributed by atoms with van der Waals surface area (Å²) >= 11 is 0. The zero-order valence-corrected chi connectivity index (χ0v) is 17.6. The van der Waals surface area contributed by atoms with E-state index in [4.69, 9.17) is 19.9 Å². The summed E-state index contributed by atoms with van der Waals surface area (Å²) in [6.45, 7) is 16.0. The molecule has 2 rings (SSSR count). The SMILES string of the molecule is CC1(C)CC(OC(=O)OC2CC(C)(C)N([OH2+])C(C)(C)C2)CC(C)(C)N1[OH2+]. The van der Waals surface area contributed by atoms with Crippen molar-refractivity contribution in [3.8, 4) is 0 Å². The summed E-state index contributed by atoms with van der Waals surface area (Å²) in [6.07, 6.45) is 1.29. The van der Waals surface area contributed by atoms with Gasteiger partial charge < -0.3 is 19.9 Å². The average molecular weight is 375 g/mol. The van der Waals surface area contributed by atoms with Crippen LogP contribution in [0.15, 0.2) is 0 Å². The number of carbonyl (C=O) groups excluding carboxylic acids is 1. The monoisotopic (exact) mass is 374 g/mol. The normalized spacial score (nSPS) is 29.3. The van der Waals surface area contributed by atoms with E-state index in [1.807, 2.05) is 55.4 Å². The van der Waals surface area contributed by atoms with Crippen molar-refractivity contribution in [2.24, 2.45) is 0 Å². The summed E-state index contributed by atoms with van der Waals surface area (Å²) in [6, 6.07) is 0. The maximum absolute atomic E-state index is 12.4. The van der Waals surface area contributed by atoms with E-state index in [9.17, 15) is 4.79 Å². The van der Waals surface area contributed by atoms with E-state index in [0.29, 0.717) is 25.7 Å². The molecule has 0 saturated carbocycles. The lowest BCUT2D eigenvalue weighted by atomic mass is 9.80. The molecule has 0 spiro atoms. The molecule has 4 N–H and O–H groups in total. The minimum absolute atomic E-state index is 0.258. The van der Waals surface area contributed by atoms with Crippen LogP contribution in [0.3, 0.4) is 0 Å². The van der Waals surface area contributed by atoms with Gasteiger partial charge >= 0.3 is 6.16 Å². The summed E-state index contributed by atoms with van der Waals surface area (Å²) in [5, 5.41) is 19.8. The fourth-order valence-electron chi connectivity index (χ4n) is 4.84. The summed E-state index contributed by atoms with van der Waals surface area (Å²) in [5.41, 5.74) is -1.47. The third-order valence-corrected chi connectivity index (χ3v) is 5.86. The third-order valence-electron chi connectivity index (χ3n) is 5.86. The van der Waals surface area contributed by atoms with E-state index in [1.54, 1.807) is 10.1 Å². The molecule has 2 fully saturated rings. The number of carbonyl (C=O) groups is 1. The third kappa shape index (κ3) is 4.32. The quantitative estimate of drug-likeness (QED) is 0.547. The first-order valence-electron chi connectivity index (χ1n) is 9.47. The van der Waals surface area contributed by atoms with Gasteiger partial charge in [0.1, 0.15) is 12.2 Å². The van der Waals surface area contributed by atoms with Crippen molar-refractivity contribution in [3.63, 3.8) is 0 Å². The smallest absolute Gasteiger partial charge is 0.431 e. The molecule has 152 valence electrons. The second kappa shape index (κ2) is 6.62. The lowest BCUT2D eigenvalue weighted by molar-refractivity contribution is -0.263. The molecule has 2 aliphatic heterocycles. The van der Waals surface area contributed by atoms with Gasteiger partial charge in [0.2, 0.25) is 0 Å². The molecule has 0 aromatic heterocycles. The Kier molecular flexibility index (Phi) is 5.45. The largest absolute Gasteiger partial charge is 0.508 e. The second-order valence-electron chi connectivity index (χ2n) is 10.5. The highest BCUT2D eigenvalue weighted by Gasteiger charge is 2.51. The van der Waals surface area contributed by atoms with Crippen LogP contribution in [-0.4, -0.2) is 61.1 Å². The maximum Gasteiger partial charge on any atom is 0.508 e. The first-order valence-corrected chi connectivity index (χ1v) is 9.47. The van der Waals surface area contributed by atoms with E-state index < -0.39 is 6.16 Å². The van der Waals surface area contributed by atoms with E-state index in [0.717, 1.165) is 0 Å².